The van der Waals surface area contributed by atoms with Crippen LogP contribution in [0.5, 0.6) is 0 Å². The van der Waals surface area contributed by atoms with Crippen LogP contribution in [-0.2, 0) is 19.4 Å². The molecule has 1 aliphatic rings. The average molecular weight is 289 g/mol. The number of thiophene rings is 1. The molecule has 1 N–H and O–H groups in total. The number of nitrogens with one attached hydrogen (secondary N) is 1. The van der Waals surface area contributed by atoms with E-state index in [1.807, 2.05) is 16.9 Å². The molecule has 3 rings (SSSR count). The third kappa shape index (κ3) is 3.10. The highest BCUT2D eigenvalue weighted by atomic mass is 32.1. The quantitative estimate of drug-likeness (QED) is 0.860. The molecule has 2 heterocycles. The van der Waals surface area contributed by atoms with E-state index >= 15 is 0 Å². The first-order valence-electron chi connectivity index (χ1n) is 7.20. The van der Waals surface area contributed by atoms with Crippen molar-refractivity contribution in [2.24, 2.45) is 0 Å². The van der Waals surface area contributed by atoms with Crippen molar-refractivity contribution in [1.29, 1.82) is 0 Å². The predicted molar refractivity (Wildman–Crippen MR) is 80.1 cm³/mol. The molecule has 2 aromatic heterocycles. The van der Waals surface area contributed by atoms with Crippen molar-refractivity contribution in [2.45, 2.75) is 38.6 Å². The Bertz CT molecular complexity index is 550. The number of carbonyl (C=O) groups is 1. The van der Waals surface area contributed by atoms with E-state index in [1.54, 1.807) is 17.5 Å². The smallest absolute Gasteiger partial charge is 0.261 e. The Morgan fingerprint density at radius 1 is 1.40 bits per heavy atom. The second-order valence-electron chi connectivity index (χ2n) is 5.14. The van der Waals surface area contributed by atoms with Gasteiger partial charge in [-0.25, -0.2) is 0 Å². The second kappa shape index (κ2) is 6.22. The third-order valence-corrected chi connectivity index (χ3v) is 4.86. The highest BCUT2D eigenvalue weighted by molar-refractivity contribution is 7.14. The van der Waals surface area contributed by atoms with Gasteiger partial charge in [0.25, 0.3) is 5.91 Å². The summed E-state index contributed by atoms with van der Waals surface area (Å²) in [4.78, 5) is 14.4. The monoisotopic (exact) mass is 289 g/mol. The van der Waals surface area contributed by atoms with Crippen LogP contribution in [0.25, 0.3) is 0 Å². The molecule has 0 bridgehead atoms. The molecule has 0 spiro atoms. The standard InChI is InChI=1S/C15H19N3OS/c19-15(16-7-3-9-18-10-4-8-17-18)14-11-12-5-1-2-6-13(12)20-14/h4,8,10-11H,1-3,5-7,9H2,(H,16,19). The number of carbonyl (C=O) groups excluding carboxylic acids is 1. The van der Waals surface area contributed by atoms with Crippen LogP contribution in [0.15, 0.2) is 24.5 Å². The lowest BCUT2D eigenvalue weighted by Crippen LogP contribution is -2.24. The fraction of sp³-hybridized carbons (Fsp3) is 0.467. The fourth-order valence-electron chi connectivity index (χ4n) is 2.57. The summed E-state index contributed by atoms with van der Waals surface area (Å²) >= 11 is 1.67. The highest BCUT2D eigenvalue weighted by Gasteiger charge is 2.16. The van der Waals surface area contributed by atoms with Crippen LogP contribution >= 0.6 is 11.3 Å². The molecule has 1 amide bonds. The maximum atomic E-state index is 12.1. The number of rotatable bonds is 5. The van der Waals surface area contributed by atoms with Gasteiger partial charge in [0, 0.05) is 30.4 Å². The van der Waals surface area contributed by atoms with Gasteiger partial charge in [0.05, 0.1) is 4.88 Å². The number of amides is 1. The zero-order valence-corrected chi connectivity index (χ0v) is 12.3. The van der Waals surface area contributed by atoms with Crippen molar-refractivity contribution in [3.8, 4) is 0 Å². The molecule has 0 aromatic carbocycles. The lowest BCUT2D eigenvalue weighted by molar-refractivity contribution is 0.0956. The Kier molecular flexibility index (Phi) is 4.16. The summed E-state index contributed by atoms with van der Waals surface area (Å²) in [6, 6.07) is 4.00. The molecule has 106 valence electrons. The van der Waals surface area contributed by atoms with Gasteiger partial charge >= 0.3 is 0 Å². The molecule has 0 saturated carbocycles. The highest BCUT2D eigenvalue weighted by Crippen LogP contribution is 2.29. The zero-order chi connectivity index (χ0) is 13.8. The van der Waals surface area contributed by atoms with Crippen molar-refractivity contribution in [3.63, 3.8) is 0 Å². The first-order valence-corrected chi connectivity index (χ1v) is 8.02. The molecule has 1 aliphatic carbocycles. The van der Waals surface area contributed by atoms with Crippen molar-refractivity contribution in [2.75, 3.05) is 6.54 Å². The SMILES string of the molecule is O=C(NCCCn1cccn1)c1cc2c(s1)CCCC2. The van der Waals surface area contributed by atoms with Gasteiger partial charge in [-0.2, -0.15) is 5.10 Å². The van der Waals surface area contributed by atoms with Gasteiger partial charge < -0.3 is 5.32 Å². The Morgan fingerprint density at radius 2 is 2.30 bits per heavy atom. The maximum Gasteiger partial charge on any atom is 0.261 e. The van der Waals surface area contributed by atoms with Crippen LogP contribution in [0.4, 0.5) is 0 Å². The first-order chi connectivity index (χ1) is 9.83. The average Bonchev–Trinajstić information content (AvgIpc) is 3.12. The molecule has 2 aromatic rings. The number of nitrogens with zero attached hydrogens (tertiary/aromatic N) is 2. The summed E-state index contributed by atoms with van der Waals surface area (Å²) in [6.45, 7) is 1.54. The van der Waals surface area contributed by atoms with Gasteiger partial charge in [-0.05, 0) is 49.8 Å². The predicted octanol–water partition coefficient (Wildman–Crippen LogP) is 2.64. The number of aryl methyl sites for hydroxylation is 3. The van der Waals surface area contributed by atoms with Gasteiger partial charge in [0.15, 0.2) is 0 Å². The van der Waals surface area contributed by atoms with Gasteiger partial charge in [-0.1, -0.05) is 0 Å². The minimum absolute atomic E-state index is 0.0739. The third-order valence-electron chi connectivity index (χ3n) is 3.63. The zero-order valence-electron chi connectivity index (χ0n) is 11.5. The minimum Gasteiger partial charge on any atom is -0.351 e. The molecule has 4 nitrogen and oxygen atoms in total. The summed E-state index contributed by atoms with van der Waals surface area (Å²) in [7, 11) is 0. The Morgan fingerprint density at radius 3 is 3.10 bits per heavy atom. The van der Waals surface area contributed by atoms with E-state index in [0.29, 0.717) is 6.54 Å². The molecule has 0 saturated heterocycles. The van der Waals surface area contributed by atoms with Gasteiger partial charge in [-0.15, -0.1) is 11.3 Å². The van der Waals surface area contributed by atoms with Crippen molar-refractivity contribution < 1.29 is 4.79 Å². The number of aromatic nitrogens is 2. The van der Waals surface area contributed by atoms with E-state index in [0.717, 1.165) is 30.7 Å². The van der Waals surface area contributed by atoms with Gasteiger partial charge in [-0.3, -0.25) is 9.48 Å². The van der Waals surface area contributed by atoms with E-state index in [2.05, 4.69) is 16.5 Å². The number of fused-ring (bicyclic) bond motifs is 1. The Hall–Kier alpha value is -1.62. The maximum absolute atomic E-state index is 12.1. The van der Waals surface area contributed by atoms with Crippen molar-refractivity contribution in [3.05, 3.63) is 39.8 Å². The molecule has 0 radical (unpaired) electrons. The van der Waals surface area contributed by atoms with Crippen molar-refractivity contribution in [1.82, 2.24) is 15.1 Å². The van der Waals surface area contributed by atoms with E-state index < -0.39 is 0 Å². The van der Waals surface area contributed by atoms with Crippen LogP contribution in [0.2, 0.25) is 0 Å². The van der Waals surface area contributed by atoms with Gasteiger partial charge in [0.2, 0.25) is 0 Å². The Labute approximate surface area is 122 Å². The van der Waals surface area contributed by atoms with Crippen LogP contribution in [-0.4, -0.2) is 22.2 Å². The van der Waals surface area contributed by atoms with Gasteiger partial charge in [0.1, 0.15) is 0 Å². The van der Waals surface area contributed by atoms with E-state index in [4.69, 9.17) is 0 Å². The molecular weight excluding hydrogens is 270 g/mol. The summed E-state index contributed by atoms with van der Waals surface area (Å²) in [5.74, 6) is 0.0739. The molecule has 0 fully saturated rings. The van der Waals surface area contributed by atoms with E-state index in [1.165, 1.54) is 23.3 Å². The van der Waals surface area contributed by atoms with Crippen LogP contribution < -0.4 is 5.32 Å². The van der Waals surface area contributed by atoms with Crippen LogP contribution in [0.3, 0.4) is 0 Å². The summed E-state index contributed by atoms with van der Waals surface area (Å²) in [5, 5.41) is 7.14. The number of hydrogen-bond donors (Lipinski definition) is 1. The largest absolute Gasteiger partial charge is 0.351 e. The molecular formula is C15H19N3OS. The van der Waals surface area contributed by atoms with Crippen molar-refractivity contribution >= 4 is 17.2 Å². The normalized spacial score (nSPS) is 14.0. The van der Waals surface area contributed by atoms with Crippen LogP contribution in [0, 0.1) is 0 Å². The molecule has 20 heavy (non-hydrogen) atoms. The second-order valence-corrected chi connectivity index (χ2v) is 6.28. The minimum atomic E-state index is 0.0739. The summed E-state index contributed by atoms with van der Waals surface area (Å²) < 4.78 is 1.88. The summed E-state index contributed by atoms with van der Waals surface area (Å²) in [6.07, 6.45) is 9.42. The van der Waals surface area contributed by atoms with E-state index in [-0.39, 0.29) is 5.91 Å². The van der Waals surface area contributed by atoms with Crippen LogP contribution in [0.1, 0.15) is 39.4 Å². The molecule has 0 aliphatic heterocycles. The first kappa shape index (κ1) is 13.4. The van der Waals surface area contributed by atoms with E-state index in [9.17, 15) is 4.79 Å². The fourth-order valence-corrected chi connectivity index (χ4v) is 3.74. The molecule has 0 atom stereocenters. The molecule has 5 heteroatoms. The molecule has 0 unspecified atom stereocenters. The Balaban J connectivity index is 1.48. The topological polar surface area (TPSA) is 46.9 Å². The lowest BCUT2D eigenvalue weighted by Gasteiger charge is -2.08. The lowest BCUT2D eigenvalue weighted by atomic mass is 9.99. The number of hydrogen-bond acceptors (Lipinski definition) is 3. The summed E-state index contributed by atoms with van der Waals surface area (Å²) in [5.41, 5.74) is 1.39.